The summed E-state index contributed by atoms with van der Waals surface area (Å²) in [6, 6.07) is 12.5. The SMILES string of the molecule is CC(=O)Nc1ccc(S(=O)(=O)Nc2ccc3cc(C)c(=O)[nH]c3c2)cc1. The fourth-order valence-corrected chi connectivity index (χ4v) is 3.56. The average Bonchev–Trinajstić information content (AvgIpc) is 2.56. The van der Waals surface area contributed by atoms with Crippen molar-refractivity contribution in [2.45, 2.75) is 18.7 Å². The highest BCUT2D eigenvalue weighted by Crippen LogP contribution is 2.21. The summed E-state index contributed by atoms with van der Waals surface area (Å²) in [6.45, 7) is 3.08. The maximum atomic E-state index is 12.5. The Bertz CT molecular complexity index is 1150. The van der Waals surface area contributed by atoms with E-state index in [0.29, 0.717) is 22.5 Å². The smallest absolute Gasteiger partial charge is 0.261 e. The molecule has 0 aliphatic carbocycles. The topological polar surface area (TPSA) is 108 Å². The molecule has 0 unspecified atom stereocenters. The number of aryl methyl sites for hydroxylation is 1. The monoisotopic (exact) mass is 371 g/mol. The van der Waals surface area contributed by atoms with E-state index in [1.54, 1.807) is 31.2 Å². The van der Waals surface area contributed by atoms with E-state index in [-0.39, 0.29) is 16.4 Å². The number of H-pyrrole nitrogens is 1. The summed E-state index contributed by atoms with van der Waals surface area (Å²) in [4.78, 5) is 25.5. The van der Waals surface area contributed by atoms with Crippen LogP contribution in [0.2, 0.25) is 0 Å². The van der Waals surface area contributed by atoms with Crippen LogP contribution in [0.1, 0.15) is 12.5 Å². The van der Waals surface area contributed by atoms with Gasteiger partial charge in [-0.2, -0.15) is 0 Å². The quantitative estimate of drug-likeness (QED) is 0.655. The Hall–Kier alpha value is -3.13. The summed E-state index contributed by atoms with van der Waals surface area (Å²) in [6.07, 6.45) is 0. The zero-order valence-electron chi connectivity index (χ0n) is 14.2. The first kappa shape index (κ1) is 17.7. The number of hydrogen-bond donors (Lipinski definition) is 3. The normalized spacial score (nSPS) is 11.3. The van der Waals surface area contributed by atoms with Crippen LogP contribution < -0.4 is 15.6 Å². The van der Waals surface area contributed by atoms with Crippen molar-refractivity contribution in [1.29, 1.82) is 0 Å². The Morgan fingerprint density at radius 1 is 1.00 bits per heavy atom. The van der Waals surface area contributed by atoms with E-state index in [0.717, 1.165) is 5.39 Å². The highest BCUT2D eigenvalue weighted by molar-refractivity contribution is 7.92. The number of aromatic nitrogens is 1. The minimum Gasteiger partial charge on any atom is -0.326 e. The van der Waals surface area contributed by atoms with Gasteiger partial charge >= 0.3 is 0 Å². The molecule has 1 amide bonds. The van der Waals surface area contributed by atoms with Crippen molar-refractivity contribution in [3.63, 3.8) is 0 Å². The summed E-state index contributed by atoms with van der Waals surface area (Å²) >= 11 is 0. The number of sulfonamides is 1. The molecule has 0 radical (unpaired) electrons. The Morgan fingerprint density at radius 3 is 2.31 bits per heavy atom. The van der Waals surface area contributed by atoms with Gasteiger partial charge < -0.3 is 10.3 Å². The third-order valence-corrected chi connectivity index (χ3v) is 5.17. The Kier molecular flexibility index (Phi) is 4.52. The molecule has 3 rings (SSSR count). The van der Waals surface area contributed by atoms with Crippen molar-refractivity contribution >= 4 is 38.2 Å². The van der Waals surface area contributed by atoms with Crippen LogP contribution in [-0.4, -0.2) is 19.3 Å². The second-order valence-corrected chi connectivity index (χ2v) is 7.58. The van der Waals surface area contributed by atoms with Crippen LogP contribution in [0.25, 0.3) is 10.9 Å². The van der Waals surface area contributed by atoms with E-state index in [9.17, 15) is 18.0 Å². The minimum atomic E-state index is -3.80. The molecule has 134 valence electrons. The van der Waals surface area contributed by atoms with E-state index in [2.05, 4.69) is 15.0 Å². The van der Waals surface area contributed by atoms with Crippen molar-refractivity contribution < 1.29 is 13.2 Å². The van der Waals surface area contributed by atoms with Gasteiger partial charge in [0.25, 0.3) is 15.6 Å². The molecule has 7 nitrogen and oxygen atoms in total. The van der Waals surface area contributed by atoms with Gasteiger partial charge in [0, 0.05) is 18.2 Å². The van der Waals surface area contributed by atoms with Crippen LogP contribution in [-0.2, 0) is 14.8 Å². The lowest BCUT2D eigenvalue weighted by atomic mass is 10.1. The van der Waals surface area contributed by atoms with E-state index in [1.807, 2.05) is 0 Å². The number of anilines is 2. The standard InChI is InChI=1S/C18H17N3O4S/c1-11-9-13-3-4-15(10-17(13)20-18(11)23)21-26(24,25)16-7-5-14(6-8-16)19-12(2)22/h3-10,21H,1-2H3,(H,19,22)(H,20,23). The Labute approximate surface area is 150 Å². The number of aromatic amines is 1. The molecule has 1 aromatic heterocycles. The molecule has 2 aromatic carbocycles. The van der Waals surface area contributed by atoms with Crippen LogP contribution in [0.3, 0.4) is 0 Å². The highest BCUT2D eigenvalue weighted by atomic mass is 32.2. The molecule has 26 heavy (non-hydrogen) atoms. The summed E-state index contributed by atoms with van der Waals surface area (Å²) in [7, 11) is -3.80. The van der Waals surface area contributed by atoms with Crippen LogP contribution in [0.5, 0.6) is 0 Å². The zero-order valence-corrected chi connectivity index (χ0v) is 15.0. The third-order valence-electron chi connectivity index (χ3n) is 3.77. The molecule has 0 aliphatic heterocycles. The fraction of sp³-hybridized carbons (Fsp3) is 0.111. The largest absolute Gasteiger partial charge is 0.326 e. The summed E-state index contributed by atoms with van der Waals surface area (Å²) in [5, 5.41) is 3.39. The van der Waals surface area contributed by atoms with Crippen LogP contribution in [0.15, 0.2) is 58.2 Å². The molecule has 3 N–H and O–H groups in total. The van der Waals surface area contributed by atoms with Gasteiger partial charge in [0.15, 0.2) is 0 Å². The predicted octanol–water partition coefficient (Wildman–Crippen LogP) is 2.60. The molecular weight excluding hydrogens is 354 g/mol. The molecule has 3 aromatic rings. The lowest BCUT2D eigenvalue weighted by molar-refractivity contribution is -0.114. The number of carbonyl (C=O) groups excluding carboxylic acids is 1. The molecule has 0 fully saturated rings. The lowest BCUT2D eigenvalue weighted by Crippen LogP contribution is -2.14. The van der Waals surface area contributed by atoms with Gasteiger partial charge in [-0.3, -0.25) is 14.3 Å². The summed E-state index contributed by atoms with van der Waals surface area (Å²) in [5.74, 6) is -0.237. The molecule has 0 bridgehead atoms. The first-order chi connectivity index (χ1) is 12.2. The second kappa shape index (κ2) is 6.64. The third kappa shape index (κ3) is 3.75. The number of rotatable bonds is 4. The van der Waals surface area contributed by atoms with Gasteiger partial charge in [0.1, 0.15) is 0 Å². The molecule has 8 heteroatoms. The van der Waals surface area contributed by atoms with Crippen molar-refractivity contribution in [1.82, 2.24) is 4.98 Å². The number of amides is 1. The molecule has 0 saturated heterocycles. The summed E-state index contributed by atoms with van der Waals surface area (Å²) in [5.41, 5.74) is 1.76. The number of benzene rings is 2. The lowest BCUT2D eigenvalue weighted by Gasteiger charge is -2.10. The van der Waals surface area contributed by atoms with Crippen molar-refractivity contribution in [2.75, 3.05) is 10.0 Å². The maximum absolute atomic E-state index is 12.5. The fourth-order valence-electron chi connectivity index (χ4n) is 2.51. The molecule has 0 atom stereocenters. The highest BCUT2D eigenvalue weighted by Gasteiger charge is 2.14. The summed E-state index contributed by atoms with van der Waals surface area (Å²) < 4.78 is 27.5. The van der Waals surface area contributed by atoms with Gasteiger partial charge in [0.05, 0.1) is 16.1 Å². The van der Waals surface area contributed by atoms with Crippen LogP contribution >= 0.6 is 0 Å². The maximum Gasteiger partial charge on any atom is 0.261 e. The minimum absolute atomic E-state index is 0.0594. The van der Waals surface area contributed by atoms with Crippen molar-refractivity contribution in [3.8, 4) is 0 Å². The van der Waals surface area contributed by atoms with Crippen molar-refractivity contribution in [3.05, 3.63) is 64.4 Å². The Morgan fingerprint density at radius 2 is 1.65 bits per heavy atom. The van der Waals surface area contributed by atoms with Gasteiger partial charge in [-0.25, -0.2) is 8.42 Å². The predicted molar refractivity (Wildman–Crippen MR) is 101 cm³/mol. The van der Waals surface area contributed by atoms with Gasteiger partial charge in [0.2, 0.25) is 5.91 Å². The number of fused-ring (bicyclic) bond motifs is 1. The van der Waals surface area contributed by atoms with E-state index in [4.69, 9.17) is 0 Å². The van der Waals surface area contributed by atoms with Gasteiger partial charge in [-0.05, 0) is 54.8 Å². The second-order valence-electron chi connectivity index (χ2n) is 5.89. The molecule has 0 spiro atoms. The number of pyridine rings is 1. The zero-order chi connectivity index (χ0) is 18.9. The van der Waals surface area contributed by atoms with Gasteiger partial charge in [-0.1, -0.05) is 6.07 Å². The number of nitrogens with one attached hydrogen (secondary N) is 3. The van der Waals surface area contributed by atoms with E-state index in [1.165, 1.54) is 31.2 Å². The Balaban J connectivity index is 1.89. The number of carbonyl (C=O) groups is 1. The van der Waals surface area contributed by atoms with E-state index < -0.39 is 10.0 Å². The van der Waals surface area contributed by atoms with E-state index >= 15 is 0 Å². The first-order valence-electron chi connectivity index (χ1n) is 7.79. The molecule has 0 aliphatic rings. The molecule has 1 heterocycles. The van der Waals surface area contributed by atoms with Crippen LogP contribution in [0, 0.1) is 6.92 Å². The number of hydrogen-bond acceptors (Lipinski definition) is 4. The first-order valence-corrected chi connectivity index (χ1v) is 9.27. The molecule has 0 saturated carbocycles. The van der Waals surface area contributed by atoms with Crippen LogP contribution in [0.4, 0.5) is 11.4 Å². The van der Waals surface area contributed by atoms with Gasteiger partial charge in [-0.15, -0.1) is 0 Å². The average molecular weight is 371 g/mol. The molecular formula is C18H17N3O4S. The van der Waals surface area contributed by atoms with Crippen molar-refractivity contribution in [2.24, 2.45) is 0 Å².